The Bertz CT molecular complexity index is 663. The fourth-order valence-electron chi connectivity index (χ4n) is 1.80. The van der Waals surface area contributed by atoms with Gasteiger partial charge in [-0.25, -0.2) is 14.8 Å². The Morgan fingerprint density at radius 1 is 1.47 bits per heavy atom. The van der Waals surface area contributed by atoms with Crippen LogP contribution in [0.1, 0.15) is 16.8 Å². The highest BCUT2D eigenvalue weighted by Gasteiger charge is 2.10. The molecule has 0 saturated heterocycles. The molecule has 2 rings (SSSR count). The summed E-state index contributed by atoms with van der Waals surface area (Å²) in [5.74, 6) is -0.294. The number of carboxylic acids is 1. The Labute approximate surface area is 109 Å². The minimum absolute atomic E-state index is 0.192. The van der Waals surface area contributed by atoms with Gasteiger partial charge in [0.05, 0.1) is 23.6 Å². The monoisotopic (exact) mass is 256 g/mol. The summed E-state index contributed by atoms with van der Waals surface area (Å²) in [5.41, 5.74) is 0.769. The maximum Gasteiger partial charge on any atom is 0.335 e. The van der Waals surface area contributed by atoms with Gasteiger partial charge in [0.15, 0.2) is 0 Å². The number of hydrogen-bond acceptors (Lipinski definition) is 5. The third-order valence-corrected chi connectivity index (χ3v) is 2.78. The van der Waals surface area contributed by atoms with E-state index in [9.17, 15) is 4.79 Å². The van der Waals surface area contributed by atoms with E-state index in [0.717, 1.165) is 5.39 Å². The molecule has 1 heterocycles. The van der Waals surface area contributed by atoms with Gasteiger partial charge in [-0.15, -0.1) is 0 Å². The van der Waals surface area contributed by atoms with Crippen LogP contribution in [0.3, 0.4) is 0 Å². The highest BCUT2D eigenvalue weighted by molar-refractivity contribution is 5.96. The lowest BCUT2D eigenvalue weighted by Crippen LogP contribution is -2.19. The second-order valence-corrected chi connectivity index (χ2v) is 4.06. The number of fused-ring (bicyclic) bond motifs is 1. The SMILES string of the molecule is CN(CCC#N)c1ncnc2cc(C(=O)O)ccc12. The fourth-order valence-corrected chi connectivity index (χ4v) is 1.80. The summed E-state index contributed by atoms with van der Waals surface area (Å²) in [7, 11) is 1.84. The van der Waals surface area contributed by atoms with Crippen LogP contribution in [-0.2, 0) is 0 Å². The minimum Gasteiger partial charge on any atom is -0.478 e. The molecule has 19 heavy (non-hydrogen) atoms. The van der Waals surface area contributed by atoms with E-state index in [1.54, 1.807) is 6.07 Å². The second kappa shape index (κ2) is 5.31. The van der Waals surface area contributed by atoms with Crippen LogP contribution in [0.15, 0.2) is 24.5 Å². The molecular formula is C13H12N4O2. The molecule has 0 atom stereocenters. The van der Waals surface area contributed by atoms with E-state index in [1.807, 2.05) is 11.9 Å². The zero-order valence-electron chi connectivity index (χ0n) is 10.4. The number of hydrogen-bond donors (Lipinski definition) is 1. The molecule has 1 aromatic carbocycles. The predicted molar refractivity (Wildman–Crippen MR) is 70.0 cm³/mol. The van der Waals surface area contributed by atoms with Crippen LogP contribution in [-0.4, -0.2) is 34.6 Å². The Hall–Kier alpha value is -2.68. The topological polar surface area (TPSA) is 90.1 Å². The highest BCUT2D eigenvalue weighted by Crippen LogP contribution is 2.23. The van der Waals surface area contributed by atoms with Crippen LogP contribution >= 0.6 is 0 Å². The van der Waals surface area contributed by atoms with Crippen molar-refractivity contribution in [1.29, 1.82) is 5.26 Å². The quantitative estimate of drug-likeness (QED) is 0.895. The normalized spacial score (nSPS) is 10.1. The number of aromatic nitrogens is 2. The Morgan fingerprint density at radius 2 is 2.26 bits per heavy atom. The summed E-state index contributed by atoms with van der Waals surface area (Å²) in [6, 6.07) is 6.81. The Balaban J connectivity index is 2.46. The largest absolute Gasteiger partial charge is 0.478 e. The molecule has 1 N–H and O–H groups in total. The van der Waals surface area contributed by atoms with Crippen LogP contribution in [0.25, 0.3) is 10.9 Å². The number of nitrogens with zero attached hydrogens (tertiary/aromatic N) is 4. The molecule has 0 spiro atoms. The van der Waals surface area contributed by atoms with Gasteiger partial charge < -0.3 is 10.0 Å². The van der Waals surface area contributed by atoms with Gasteiger partial charge in [-0.2, -0.15) is 5.26 Å². The van der Waals surface area contributed by atoms with E-state index in [4.69, 9.17) is 10.4 Å². The first-order chi connectivity index (χ1) is 9.13. The molecule has 0 aliphatic rings. The zero-order valence-corrected chi connectivity index (χ0v) is 10.4. The molecule has 0 bridgehead atoms. The van der Waals surface area contributed by atoms with Gasteiger partial charge >= 0.3 is 5.97 Å². The molecule has 0 radical (unpaired) electrons. The van der Waals surface area contributed by atoms with E-state index < -0.39 is 5.97 Å². The van der Waals surface area contributed by atoms with E-state index in [-0.39, 0.29) is 5.56 Å². The van der Waals surface area contributed by atoms with Crippen molar-refractivity contribution in [2.24, 2.45) is 0 Å². The van der Waals surface area contributed by atoms with Gasteiger partial charge in [0.2, 0.25) is 0 Å². The lowest BCUT2D eigenvalue weighted by Gasteiger charge is -2.18. The number of rotatable bonds is 4. The van der Waals surface area contributed by atoms with Crippen molar-refractivity contribution in [2.75, 3.05) is 18.5 Å². The lowest BCUT2D eigenvalue weighted by atomic mass is 10.1. The zero-order chi connectivity index (χ0) is 13.8. The van der Waals surface area contributed by atoms with Gasteiger partial charge in [-0.1, -0.05) is 0 Å². The average Bonchev–Trinajstić information content (AvgIpc) is 2.43. The van der Waals surface area contributed by atoms with Gasteiger partial charge in [0, 0.05) is 19.0 Å². The van der Waals surface area contributed by atoms with Crippen LogP contribution < -0.4 is 4.90 Å². The highest BCUT2D eigenvalue weighted by atomic mass is 16.4. The van der Waals surface area contributed by atoms with Crippen molar-refractivity contribution in [1.82, 2.24) is 9.97 Å². The predicted octanol–water partition coefficient (Wildman–Crippen LogP) is 1.68. The number of nitriles is 1. The first-order valence-corrected chi connectivity index (χ1v) is 5.69. The van der Waals surface area contributed by atoms with Gasteiger partial charge in [0.25, 0.3) is 0 Å². The molecular weight excluding hydrogens is 244 g/mol. The second-order valence-electron chi connectivity index (χ2n) is 4.06. The van der Waals surface area contributed by atoms with Crippen LogP contribution in [0, 0.1) is 11.3 Å². The fraction of sp³-hybridized carbons (Fsp3) is 0.231. The number of aromatic carboxylic acids is 1. The third kappa shape index (κ3) is 2.60. The minimum atomic E-state index is -0.986. The van der Waals surface area contributed by atoms with Gasteiger partial charge in [-0.3, -0.25) is 0 Å². The number of anilines is 1. The summed E-state index contributed by atoms with van der Waals surface area (Å²) < 4.78 is 0. The van der Waals surface area contributed by atoms with E-state index in [0.29, 0.717) is 24.3 Å². The smallest absolute Gasteiger partial charge is 0.335 e. The van der Waals surface area contributed by atoms with Crippen molar-refractivity contribution < 1.29 is 9.90 Å². The number of benzene rings is 1. The van der Waals surface area contributed by atoms with E-state index >= 15 is 0 Å². The summed E-state index contributed by atoms with van der Waals surface area (Å²) in [4.78, 5) is 21.0. The summed E-state index contributed by atoms with van der Waals surface area (Å²) in [6.45, 7) is 0.559. The first-order valence-electron chi connectivity index (χ1n) is 5.69. The molecule has 0 unspecified atom stereocenters. The third-order valence-electron chi connectivity index (χ3n) is 2.78. The Morgan fingerprint density at radius 3 is 2.95 bits per heavy atom. The van der Waals surface area contributed by atoms with Crippen LogP contribution in [0.5, 0.6) is 0 Å². The lowest BCUT2D eigenvalue weighted by molar-refractivity contribution is 0.0697. The van der Waals surface area contributed by atoms with Crippen molar-refractivity contribution in [3.05, 3.63) is 30.1 Å². The van der Waals surface area contributed by atoms with Crippen molar-refractivity contribution >= 4 is 22.7 Å². The van der Waals surface area contributed by atoms with Gasteiger partial charge in [0.1, 0.15) is 12.1 Å². The van der Waals surface area contributed by atoms with Crippen molar-refractivity contribution in [3.8, 4) is 6.07 Å². The molecule has 6 nitrogen and oxygen atoms in total. The molecule has 0 aliphatic heterocycles. The van der Waals surface area contributed by atoms with Crippen LogP contribution in [0.4, 0.5) is 5.82 Å². The molecule has 0 saturated carbocycles. The molecule has 0 aliphatic carbocycles. The van der Waals surface area contributed by atoms with E-state index in [1.165, 1.54) is 18.5 Å². The number of carbonyl (C=O) groups is 1. The molecule has 2 aromatic rings. The molecule has 6 heteroatoms. The maximum atomic E-state index is 10.9. The summed E-state index contributed by atoms with van der Waals surface area (Å²) >= 11 is 0. The molecule has 0 fully saturated rings. The maximum absolute atomic E-state index is 10.9. The molecule has 0 amide bonds. The van der Waals surface area contributed by atoms with E-state index in [2.05, 4.69) is 16.0 Å². The van der Waals surface area contributed by atoms with Crippen molar-refractivity contribution in [3.63, 3.8) is 0 Å². The van der Waals surface area contributed by atoms with Crippen LogP contribution in [0.2, 0.25) is 0 Å². The standard InChI is InChI=1S/C13H12N4O2/c1-17(6-2-5-14)12-10-4-3-9(13(18)19)7-11(10)15-8-16-12/h3-4,7-8H,2,6H2,1H3,(H,18,19). The Kier molecular flexibility index (Phi) is 3.57. The molecule has 1 aromatic heterocycles. The first kappa shape index (κ1) is 12.8. The number of carboxylic acid groups (broad SMARTS) is 1. The summed E-state index contributed by atoms with van der Waals surface area (Å²) in [6.07, 6.45) is 1.79. The average molecular weight is 256 g/mol. The summed E-state index contributed by atoms with van der Waals surface area (Å²) in [5, 5.41) is 18.3. The van der Waals surface area contributed by atoms with Gasteiger partial charge in [-0.05, 0) is 18.2 Å². The van der Waals surface area contributed by atoms with Crippen molar-refractivity contribution in [2.45, 2.75) is 6.42 Å². The molecule has 96 valence electrons.